The fourth-order valence-electron chi connectivity index (χ4n) is 1.67. The molecule has 17 heavy (non-hydrogen) atoms. The fraction of sp³-hybridized carbons (Fsp3) is 0.300. The van der Waals surface area contributed by atoms with E-state index in [4.69, 9.17) is 5.73 Å². The van der Waals surface area contributed by atoms with Crippen LogP contribution in [-0.2, 0) is 0 Å². The molecule has 2 heterocycles. The van der Waals surface area contributed by atoms with Crippen molar-refractivity contribution >= 4 is 22.5 Å². The topological polar surface area (TPSA) is 105 Å². The van der Waals surface area contributed by atoms with E-state index >= 15 is 0 Å². The summed E-state index contributed by atoms with van der Waals surface area (Å²) >= 11 is 0. The summed E-state index contributed by atoms with van der Waals surface area (Å²) in [6, 6.07) is 0. The minimum Gasteiger partial charge on any atom is -0.369 e. The van der Waals surface area contributed by atoms with Crippen LogP contribution in [0.1, 0.15) is 0 Å². The first kappa shape index (κ1) is 11.3. The highest BCUT2D eigenvalue weighted by molar-refractivity contribution is 5.88. The first-order valence-corrected chi connectivity index (χ1v) is 5.04. The van der Waals surface area contributed by atoms with E-state index in [9.17, 15) is 9.59 Å². The van der Waals surface area contributed by atoms with Crippen LogP contribution in [0, 0.1) is 0 Å². The van der Waals surface area contributed by atoms with Crippen molar-refractivity contribution in [2.24, 2.45) is 0 Å². The van der Waals surface area contributed by atoms with E-state index in [0.29, 0.717) is 10.00 Å². The third kappa shape index (κ3) is 1.80. The van der Waals surface area contributed by atoms with Crippen LogP contribution in [-0.4, -0.2) is 36.1 Å². The van der Waals surface area contributed by atoms with Crippen molar-refractivity contribution in [1.29, 1.82) is 0 Å². The molecule has 0 unspecified atom stereocenters. The lowest BCUT2D eigenvalue weighted by Crippen LogP contribution is -2.36. The number of aromatic nitrogens is 3. The molecule has 0 saturated carbocycles. The van der Waals surface area contributed by atoms with E-state index in [1.807, 2.05) is 21.1 Å². The van der Waals surface area contributed by atoms with Gasteiger partial charge in [-0.3, -0.25) is 19.1 Å². The second-order valence-corrected chi connectivity index (χ2v) is 4.69. The smallest absolute Gasteiger partial charge is 0.266 e. The number of aromatic amines is 2. The first-order chi connectivity index (χ1) is 7.80. The molecule has 0 aliphatic carbocycles. The van der Waals surface area contributed by atoms with Crippen LogP contribution in [0.25, 0.3) is 10.9 Å². The Balaban J connectivity index is 3.05. The Morgan fingerprint density at radius 1 is 1.24 bits per heavy atom. The van der Waals surface area contributed by atoms with Gasteiger partial charge in [-0.15, -0.1) is 0 Å². The Morgan fingerprint density at radius 3 is 2.47 bits per heavy atom. The Kier molecular flexibility index (Phi) is 2.28. The molecular formula is C10H14N5O2+. The molecule has 7 nitrogen and oxygen atoms in total. The zero-order valence-corrected chi connectivity index (χ0v) is 9.87. The minimum absolute atomic E-state index is 0.00259. The quantitative estimate of drug-likeness (QED) is 0.574. The SMILES string of the molecule is C[N+](C)(C)c1c[nH]c(=O)c2c(=O)[nH]c(N)nc12. The summed E-state index contributed by atoms with van der Waals surface area (Å²) in [5, 5.41) is 0.00440. The average molecular weight is 236 g/mol. The van der Waals surface area contributed by atoms with Crippen molar-refractivity contribution in [1.82, 2.24) is 19.4 Å². The van der Waals surface area contributed by atoms with Crippen molar-refractivity contribution in [3.8, 4) is 0 Å². The van der Waals surface area contributed by atoms with E-state index < -0.39 is 11.1 Å². The van der Waals surface area contributed by atoms with Crippen LogP contribution in [0.5, 0.6) is 0 Å². The van der Waals surface area contributed by atoms with Crippen molar-refractivity contribution in [2.75, 3.05) is 26.9 Å². The third-order valence-corrected chi connectivity index (χ3v) is 2.47. The van der Waals surface area contributed by atoms with Gasteiger partial charge < -0.3 is 10.7 Å². The summed E-state index contributed by atoms with van der Waals surface area (Å²) in [5.74, 6) is 0.00259. The number of rotatable bonds is 1. The molecule has 7 heteroatoms. The highest BCUT2D eigenvalue weighted by Crippen LogP contribution is 2.22. The lowest BCUT2D eigenvalue weighted by molar-refractivity contribution is 0.488. The van der Waals surface area contributed by atoms with E-state index in [0.717, 1.165) is 5.69 Å². The summed E-state index contributed by atoms with van der Waals surface area (Å²) in [6.45, 7) is 0. The van der Waals surface area contributed by atoms with Gasteiger partial charge in [0, 0.05) is 0 Å². The second-order valence-electron chi connectivity index (χ2n) is 4.69. The van der Waals surface area contributed by atoms with E-state index in [2.05, 4.69) is 15.0 Å². The summed E-state index contributed by atoms with van der Waals surface area (Å²) in [4.78, 5) is 32.2. The Morgan fingerprint density at radius 2 is 1.88 bits per heavy atom. The Bertz CT molecular complexity index is 692. The molecule has 0 amide bonds. The molecule has 0 spiro atoms. The third-order valence-electron chi connectivity index (χ3n) is 2.47. The van der Waals surface area contributed by atoms with Crippen LogP contribution in [0.4, 0.5) is 11.6 Å². The van der Waals surface area contributed by atoms with Gasteiger partial charge in [-0.05, 0) is 0 Å². The maximum atomic E-state index is 11.7. The van der Waals surface area contributed by atoms with Gasteiger partial charge >= 0.3 is 0 Å². The molecule has 0 aliphatic heterocycles. The average Bonchev–Trinajstić information content (AvgIpc) is 2.14. The van der Waals surface area contributed by atoms with Gasteiger partial charge in [0.2, 0.25) is 5.95 Å². The molecule has 2 rings (SSSR count). The lowest BCUT2D eigenvalue weighted by Gasteiger charge is -2.23. The van der Waals surface area contributed by atoms with Gasteiger partial charge in [0.05, 0.1) is 27.3 Å². The maximum absolute atomic E-state index is 11.7. The molecule has 0 aliphatic rings. The van der Waals surface area contributed by atoms with Crippen molar-refractivity contribution < 1.29 is 0 Å². The van der Waals surface area contributed by atoms with Crippen molar-refractivity contribution in [2.45, 2.75) is 0 Å². The predicted molar refractivity (Wildman–Crippen MR) is 67.0 cm³/mol. The van der Waals surface area contributed by atoms with Crippen LogP contribution in [0.2, 0.25) is 0 Å². The number of H-pyrrole nitrogens is 2. The highest BCUT2D eigenvalue weighted by atomic mass is 16.1. The molecule has 90 valence electrons. The van der Waals surface area contributed by atoms with E-state index in [1.54, 1.807) is 6.20 Å². The summed E-state index contributed by atoms with van der Waals surface area (Å²) < 4.78 is 0.420. The van der Waals surface area contributed by atoms with Crippen LogP contribution >= 0.6 is 0 Å². The molecule has 2 aromatic heterocycles. The van der Waals surface area contributed by atoms with Gasteiger partial charge in [0.25, 0.3) is 11.1 Å². The number of hydrogen-bond acceptors (Lipinski definition) is 4. The number of nitrogens with one attached hydrogen (secondary N) is 2. The lowest BCUT2D eigenvalue weighted by atomic mass is 10.2. The van der Waals surface area contributed by atoms with Gasteiger partial charge in [-0.25, -0.2) is 4.98 Å². The first-order valence-electron chi connectivity index (χ1n) is 5.04. The number of quaternary nitrogens is 1. The number of fused-ring (bicyclic) bond motifs is 1. The van der Waals surface area contributed by atoms with Crippen molar-refractivity contribution in [3.63, 3.8) is 0 Å². The van der Waals surface area contributed by atoms with E-state index in [-0.39, 0.29) is 11.3 Å². The molecule has 0 saturated heterocycles. The van der Waals surface area contributed by atoms with Gasteiger partial charge in [0.1, 0.15) is 10.9 Å². The number of pyridine rings is 1. The largest absolute Gasteiger partial charge is 0.369 e. The van der Waals surface area contributed by atoms with Gasteiger partial charge in [-0.2, -0.15) is 0 Å². The van der Waals surface area contributed by atoms with Gasteiger partial charge in [0.15, 0.2) is 5.69 Å². The molecule has 0 radical (unpaired) electrons. The van der Waals surface area contributed by atoms with Crippen LogP contribution in [0.3, 0.4) is 0 Å². The molecule has 2 aromatic rings. The number of nitrogens with two attached hydrogens (primary N) is 1. The van der Waals surface area contributed by atoms with Crippen molar-refractivity contribution in [3.05, 3.63) is 26.9 Å². The zero-order chi connectivity index (χ0) is 12.8. The number of anilines is 1. The summed E-state index contributed by atoms with van der Waals surface area (Å²) in [7, 11) is 5.73. The van der Waals surface area contributed by atoms with Crippen LogP contribution in [0.15, 0.2) is 15.8 Å². The monoisotopic (exact) mass is 236 g/mol. The second kappa shape index (κ2) is 3.42. The molecular weight excluding hydrogens is 222 g/mol. The predicted octanol–water partition coefficient (Wildman–Crippen LogP) is -0.610. The minimum atomic E-state index is -0.524. The molecule has 0 fully saturated rings. The standard InChI is InChI=1S/C10H13N5O2/c1-15(2,3)5-4-12-8(16)6-7(5)13-10(11)14-9(6)17/h4H,1-3H3,(H3-,11,12,13,14,16,17)/p+1. The zero-order valence-electron chi connectivity index (χ0n) is 9.87. The Hall–Kier alpha value is -2.15. The summed E-state index contributed by atoms with van der Waals surface area (Å²) in [6.07, 6.45) is 1.55. The number of hydrogen-bond donors (Lipinski definition) is 3. The molecule has 0 aromatic carbocycles. The molecule has 0 atom stereocenters. The maximum Gasteiger partial charge on any atom is 0.266 e. The van der Waals surface area contributed by atoms with Crippen LogP contribution < -0.4 is 21.3 Å². The Labute approximate surface area is 96.5 Å². The molecule has 0 bridgehead atoms. The van der Waals surface area contributed by atoms with Gasteiger partial charge in [-0.1, -0.05) is 0 Å². The normalized spacial score (nSPS) is 11.9. The molecule has 4 N–H and O–H groups in total. The van der Waals surface area contributed by atoms with E-state index in [1.165, 1.54) is 0 Å². The fourth-order valence-corrected chi connectivity index (χ4v) is 1.67. The summed E-state index contributed by atoms with van der Waals surface area (Å²) in [5.41, 5.74) is 5.57. The number of nitrogen functional groups attached to an aromatic ring is 1. The highest BCUT2D eigenvalue weighted by Gasteiger charge is 2.21. The number of nitrogens with zero attached hydrogens (tertiary/aromatic N) is 2.